The second-order valence-corrected chi connectivity index (χ2v) is 6.56. The summed E-state index contributed by atoms with van der Waals surface area (Å²) in [6.07, 6.45) is 1.09. The van der Waals surface area contributed by atoms with Gasteiger partial charge in [-0.15, -0.1) is 0 Å². The number of carbonyl (C=O) groups excluding carboxylic acids is 1. The lowest BCUT2D eigenvalue weighted by molar-refractivity contribution is -0.121. The van der Waals surface area contributed by atoms with Crippen LogP contribution in [0.1, 0.15) is 32.8 Å². The van der Waals surface area contributed by atoms with Crippen LogP contribution in [0.3, 0.4) is 0 Å². The molecule has 0 radical (unpaired) electrons. The van der Waals surface area contributed by atoms with E-state index in [-0.39, 0.29) is 29.5 Å². The highest BCUT2D eigenvalue weighted by Crippen LogP contribution is 2.23. The van der Waals surface area contributed by atoms with E-state index in [4.69, 9.17) is 0 Å². The number of phenols is 1. The van der Waals surface area contributed by atoms with Gasteiger partial charge in [-0.25, -0.2) is 0 Å². The number of nitrogens with one attached hydrogen (secondary N) is 1. The Bertz CT molecular complexity index is 426. The zero-order chi connectivity index (χ0) is 14.5. The van der Waals surface area contributed by atoms with E-state index in [0.29, 0.717) is 5.56 Å². The number of aromatic hydroxyl groups is 1. The van der Waals surface area contributed by atoms with Crippen molar-refractivity contribution in [2.45, 2.75) is 39.7 Å². The molecule has 0 heterocycles. The monoisotopic (exact) mass is 327 g/mol. The summed E-state index contributed by atoms with van der Waals surface area (Å²) in [7, 11) is 0. The number of hydrogen-bond donors (Lipinski definition) is 2. The molecule has 19 heavy (non-hydrogen) atoms. The molecule has 4 heteroatoms. The third-order valence-electron chi connectivity index (χ3n) is 3.12. The normalized spacial score (nSPS) is 13.1. The maximum absolute atomic E-state index is 12.1. The maximum atomic E-state index is 12.1. The molecular formula is C15H22BrNO2. The lowest BCUT2D eigenvalue weighted by Gasteiger charge is -2.31. The summed E-state index contributed by atoms with van der Waals surface area (Å²) in [5, 5.41) is 13.6. The lowest BCUT2D eigenvalue weighted by Crippen LogP contribution is -2.44. The van der Waals surface area contributed by atoms with E-state index < -0.39 is 0 Å². The first-order valence-electron chi connectivity index (χ1n) is 6.47. The van der Waals surface area contributed by atoms with Crippen LogP contribution in [-0.4, -0.2) is 22.4 Å². The lowest BCUT2D eigenvalue weighted by atomic mass is 9.85. The Morgan fingerprint density at radius 3 is 2.53 bits per heavy atom. The van der Waals surface area contributed by atoms with Crippen LogP contribution >= 0.6 is 15.9 Å². The van der Waals surface area contributed by atoms with Crippen LogP contribution < -0.4 is 5.32 Å². The first kappa shape index (κ1) is 16.0. The minimum Gasteiger partial charge on any atom is -0.508 e. The highest BCUT2D eigenvalue weighted by molar-refractivity contribution is 9.09. The van der Waals surface area contributed by atoms with Crippen LogP contribution in [0.4, 0.5) is 0 Å². The maximum Gasteiger partial charge on any atom is 0.224 e. The summed E-state index contributed by atoms with van der Waals surface area (Å²) >= 11 is 3.42. The number of rotatable bonds is 5. The summed E-state index contributed by atoms with van der Waals surface area (Å²) in [5.74, 6) is 0.118. The molecule has 3 nitrogen and oxygen atoms in total. The molecule has 0 bridgehead atoms. The van der Waals surface area contributed by atoms with E-state index in [1.54, 1.807) is 18.2 Å². The topological polar surface area (TPSA) is 49.3 Å². The Morgan fingerprint density at radius 1 is 1.37 bits per heavy atom. The van der Waals surface area contributed by atoms with Crippen LogP contribution in [0.25, 0.3) is 0 Å². The molecule has 1 rings (SSSR count). The summed E-state index contributed by atoms with van der Waals surface area (Å²) in [6.45, 7) is 6.34. The molecule has 1 aromatic carbocycles. The van der Waals surface area contributed by atoms with E-state index in [1.807, 2.05) is 6.07 Å². The summed E-state index contributed by atoms with van der Waals surface area (Å²) < 4.78 is 0. The smallest absolute Gasteiger partial charge is 0.224 e. The van der Waals surface area contributed by atoms with Crippen molar-refractivity contribution < 1.29 is 9.90 Å². The van der Waals surface area contributed by atoms with Crippen LogP contribution in [-0.2, 0) is 11.2 Å². The Hall–Kier alpha value is -1.03. The van der Waals surface area contributed by atoms with Crippen molar-refractivity contribution in [1.29, 1.82) is 0 Å². The third-order valence-corrected chi connectivity index (χ3v) is 3.58. The van der Waals surface area contributed by atoms with Crippen molar-refractivity contribution in [2.24, 2.45) is 5.41 Å². The van der Waals surface area contributed by atoms with Gasteiger partial charge >= 0.3 is 0 Å². The molecule has 1 aromatic rings. The fraction of sp³-hybridized carbons (Fsp3) is 0.533. The molecular weight excluding hydrogens is 306 g/mol. The first-order valence-corrected chi connectivity index (χ1v) is 7.59. The Labute approximate surface area is 123 Å². The fourth-order valence-electron chi connectivity index (χ4n) is 1.91. The van der Waals surface area contributed by atoms with Gasteiger partial charge in [0, 0.05) is 16.9 Å². The molecule has 0 spiro atoms. The van der Waals surface area contributed by atoms with Gasteiger partial charge in [0.05, 0.1) is 6.42 Å². The van der Waals surface area contributed by atoms with Crippen LogP contribution in [0.5, 0.6) is 5.75 Å². The predicted octanol–water partition coefficient (Wildman–Crippen LogP) is 3.25. The second-order valence-electron chi connectivity index (χ2n) is 5.77. The van der Waals surface area contributed by atoms with Crippen molar-refractivity contribution >= 4 is 21.8 Å². The van der Waals surface area contributed by atoms with Gasteiger partial charge in [0.1, 0.15) is 5.75 Å². The molecule has 0 aromatic heterocycles. The predicted molar refractivity (Wildman–Crippen MR) is 81.6 cm³/mol. The minimum atomic E-state index is -0.0534. The largest absolute Gasteiger partial charge is 0.508 e. The molecule has 0 fully saturated rings. The number of carbonyl (C=O) groups is 1. The van der Waals surface area contributed by atoms with Crippen LogP contribution in [0.15, 0.2) is 24.3 Å². The van der Waals surface area contributed by atoms with Gasteiger partial charge in [-0.2, -0.15) is 0 Å². The van der Waals surface area contributed by atoms with E-state index in [0.717, 1.165) is 11.8 Å². The summed E-state index contributed by atoms with van der Waals surface area (Å²) in [6, 6.07) is 7.06. The fourth-order valence-corrected chi connectivity index (χ4v) is 2.37. The number of benzene rings is 1. The number of amides is 1. The molecule has 0 saturated heterocycles. The molecule has 1 amide bonds. The third kappa shape index (κ3) is 5.23. The Kier molecular flexibility index (Phi) is 5.85. The molecule has 106 valence electrons. The van der Waals surface area contributed by atoms with Gasteiger partial charge in [0.2, 0.25) is 5.91 Å². The molecule has 0 aliphatic carbocycles. The summed E-state index contributed by atoms with van der Waals surface area (Å²) in [5.41, 5.74) is 0.675. The number of halogens is 1. The van der Waals surface area contributed by atoms with E-state index in [9.17, 15) is 9.90 Å². The summed E-state index contributed by atoms with van der Waals surface area (Å²) in [4.78, 5) is 12.1. The van der Waals surface area contributed by atoms with Gasteiger partial charge in [-0.1, -0.05) is 54.9 Å². The number of hydrogen-bond acceptors (Lipinski definition) is 2. The average Bonchev–Trinajstić information content (AvgIpc) is 2.30. The molecule has 0 aliphatic heterocycles. The standard InChI is InChI=1S/C15H22BrNO2/c1-15(2,3)13(8-9-16)17-14(19)10-11-6-4-5-7-12(11)18/h4-7,13,18H,8-10H2,1-3H3,(H,17,19). The molecule has 2 N–H and O–H groups in total. The van der Waals surface area contributed by atoms with Gasteiger partial charge in [-0.05, 0) is 17.9 Å². The molecule has 1 atom stereocenters. The Morgan fingerprint density at radius 2 is 2.00 bits per heavy atom. The van der Waals surface area contributed by atoms with Crippen molar-refractivity contribution in [2.75, 3.05) is 5.33 Å². The van der Waals surface area contributed by atoms with Gasteiger partial charge in [0.15, 0.2) is 0 Å². The van der Waals surface area contributed by atoms with Crippen LogP contribution in [0.2, 0.25) is 0 Å². The molecule has 1 unspecified atom stereocenters. The van der Waals surface area contributed by atoms with E-state index in [1.165, 1.54) is 0 Å². The molecule has 0 aliphatic rings. The van der Waals surface area contributed by atoms with Gasteiger partial charge < -0.3 is 10.4 Å². The zero-order valence-corrected chi connectivity index (χ0v) is 13.3. The van der Waals surface area contributed by atoms with Crippen molar-refractivity contribution in [3.05, 3.63) is 29.8 Å². The SMILES string of the molecule is CC(C)(C)C(CCBr)NC(=O)Cc1ccccc1O. The van der Waals surface area contributed by atoms with Gasteiger partial charge in [0.25, 0.3) is 0 Å². The van der Waals surface area contributed by atoms with E-state index >= 15 is 0 Å². The van der Waals surface area contributed by atoms with Crippen molar-refractivity contribution in [1.82, 2.24) is 5.32 Å². The average molecular weight is 328 g/mol. The number of alkyl halides is 1. The van der Waals surface area contributed by atoms with E-state index in [2.05, 4.69) is 42.0 Å². The van der Waals surface area contributed by atoms with Crippen LogP contribution in [0, 0.1) is 5.41 Å². The van der Waals surface area contributed by atoms with Gasteiger partial charge in [-0.3, -0.25) is 4.79 Å². The highest BCUT2D eigenvalue weighted by atomic mass is 79.9. The Balaban J connectivity index is 2.66. The van der Waals surface area contributed by atoms with Crippen molar-refractivity contribution in [3.63, 3.8) is 0 Å². The minimum absolute atomic E-state index is 0.0160. The highest BCUT2D eigenvalue weighted by Gasteiger charge is 2.25. The number of para-hydroxylation sites is 1. The molecule has 0 saturated carbocycles. The number of phenolic OH excluding ortho intramolecular Hbond substituents is 1. The second kappa shape index (κ2) is 6.94. The van der Waals surface area contributed by atoms with Crippen molar-refractivity contribution in [3.8, 4) is 5.75 Å². The first-order chi connectivity index (χ1) is 8.84. The zero-order valence-electron chi connectivity index (χ0n) is 11.7. The quantitative estimate of drug-likeness (QED) is 0.815.